The van der Waals surface area contributed by atoms with Gasteiger partial charge in [-0.2, -0.15) is 0 Å². The average molecular weight is 291 g/mol. The van der Waals surface area contributed by atoms with Crippen LogP contribution in [0.5, 0.6) is 0 Å². The monoisotopic (exact) mass is 290 g/mol. The molecule has 0 aliphatic rings. The lowest BCUT2D eigenvalue weighted by atomic mass is 10.1. The van der Waals surface area contributed by atoms with E-state index in [0.717, 1.165) is 0 Å². The highest BCUT2D eigenvalue weighted by Crippen LogP contribution is 2.16. The molecule has 0 fully saturated rings. The van der Waals surface area contributed by atoms with Gasteiger partial charge < -0.3 is 15.8 Å². The predicted molar refractivity (Wildman–Crippen MR) is 74.8 cm³/mol. The van der Waals surface area contributed by atoms with Crippen LogP contribution in [0.25, 0.3) is 0 Å². The van der Waals surface area contributed by atoms with Crippen LogP contribution in [-0.2, 0) is 9.53 Å². The molecule has 19 heavy (non-hydrogen) atoms. The number of aryl methyl sites for hydroxylation is 1. The van der Waals surface area contributed by atoms with Gasteiger partial charge in [0, 0.05) is 13.7 Å². The molecule has 2 unspecified atom stereocenters. The smallest absolute Gasteiger partial charge is 0.250 e. The van der Waals surface area contributed by atoms with Crippen molar-refractivity contribution in [3.8, 4) is 0 Å². The van der Waals surface area contributed by atoms with Crippen LogP contribution in [0.4, 0.5) is 4.39 Å². The lowest BCUT2D eigenvalue weighted by Crippen LogP contribution is -2.41. The Morgan fingerprint density at radius 2 is 2.16 bits per heavy atom. The second-order valence-corrected chi connectivity index (χ2v) is 4.20. The summed E-state index contributed by atoms with van der Waals surface area (Å²) in [6.45, 7) is 3.58. The summed E-state index contributed by atoms with van der Waals surface area (Å²) in [5, 5.41) is 2.73. The minimum atomic E-state index is -0.678. The fourth-order valence-electron chi connectivity index (χ4n) is 1.58. The maximum Gasteiger partial charge on any atom is 0.250 e. The van der Waals surface area contributed by atoms with E-state index in [1.165, 1.54) is 13.2 Å². The van der Waals surface area contributed by atoms with Gasteiger partial charge in [-0.25, -0.2) is 4.39 Å². The average Bonchev–Trinajstić information content (AvgIpc) is 2.34. The zero-order chi connectivity index (χ0) is 13.7. The van der Waals surface area contributed by atoms with Crippen molar-refractivity contribution in [2.24, 2.45) is 5.73 Å². The topological polar surface area (TPSA) is 64.3 Å². The molecule has 1 aromatic rings. The van der Waals surface area contributed by atoms with Crippen molar-refractivity contribution in [2.45, 2.75) is 26.0 Å². The summed E-state index contributed by atoms with van der Waals surface area (Å²) in [5.41, 5.74) is 6.68. The number of benzene rings is 1. The number of hydrogen-bond donors (Lipinski definition) is 2. The molecule has 0 aliphatic heterocycles. The standard InChI is InChI=1S/C13H19FN2O2.ClH/c1-8-4-5-10(6-11(8)14)9(2)16-13(17)12(7-15)18-3;/h4-6,9,12H,7,15H2,1-3H3,(H,16,17);1H. The fourth-order valence-corrected chi connectivity index (χ4v) is 1.58. The summed E-state index contributed by atoms with van der Waals surface area (Å²) in [6, 6.07) is 4.60. The van der Waals surface area contributed by atoms with Crippen molar-refractivity contribution in [3.63, 3.8) is 0 Å². The van der Waals surface area contributed by atoms with Gasteiger partial charge in [-0.05, 0) is 31.0 Å². The van der Waals surface area contributed by atoms with E-state index >= 15 is 0 Å². The number of nitrogens with two attached hydrogens (primary N) is 1. The van der Waals surface area contributed by atoms with Gasteiger partial charge in [0.1, 0.15) is 11.9 Å². The Hall–Kier alpha value is -1.17. The largest absolute Gasteiger partial charge is 0.370 e. The third kappa shape index (κ3) is 4.78. The Kier molecular flexibility index (Phi) is 7.59. The number of halogens is 2. The number of rotatable bonds is 5. The molecule has 0 bridgehead atoms. The van der Waals surface area contributed by atoms with Gasteiger partial charge >= 0.3 is 0 Å². The molecule has 0 saturated carbocycles. The number of carbonyl (C=O) groups excluding carboxylic acids is 1. The quantitative estimate of drug-likeness (QED) is 0.868. The summed E-state index contributed by atoms with van der Waals surface area (Å²) >= 11 is 0. The highest BCUT2D eigenvalue weighted by molar-refractivity contribution is 5.85. The van der Waals surface area contributed by atoms with Crippen molar-refractivity contribution in [1.29, 1.82) is 0 Å². The highest BCUT2D eigenvalue weighted by Gasteiger charge is 2.18. The molecule has 0 spiro atoms. The lowest BCUT2D eigenvalue weighted by Gasteiger charge is -2.18. The van der Waals surface area contributed by atoms with Gasteiger partial charge in [0.05, 0.1) is 6.04 Å². The molecule has 4 nitrogen and oxygen atoms in total. The van der Waals surface area contributed by atoms with E-state index in [-0.39, 0.29) is 36.7 Å². The third-order valence-corrected chi connectivity index (χ3v) is 2.85. The second kappa shape index (κ2) is 8.09. The van der Waals surface area contributed by atoms with Crippen LogP contribution in [-0.4, -0.2) is 25.7 Å². The lowest BCUT2D eigenvalue weighted by molar-refractivity contribution is -0.131. The minimum Gasteiger partial charge on any atom is -0.370 e. The first kappa shape index (κ1) is 17.8. The van der Waals surface area contributed by atoms with Crippen molar-refractivity contribution >= 4 is 18.3 Å². The number of carbonyl (C=O) groups is 1. The zero-order valence-corrected chi connectivity index (χ0v) is 12.1. The number of methoxy groups -OCH3 is 1. The maximum atomic E-state index is 13.4. The van der Waals surface area contributed by atoms with E-state index in [1.54, 1.807) is 26.0 Å². The molecule has 6 heteroatoms. The molecule has 1 amide bonds. The predicted octanol–water partition coefficient (Wildman–Crippen LogP) is 1.71. The first-order valence-corrected chi connectivity index (χ1v) is 5.78. The number of ether oxygens (including phenoxy) is 1. The Balaban J connectivity index is 0.00000324. The molecule has 2 atom stereocenters. The Bertz CT molecular complexity index is 425. The molecular formula is C13H20ClFN2O2. The maximum absolute atomic E-state index is 13.4. The van der Waals surface area contributed by atoms with Crippen LogP contribution >= 0.6 is 12.4 Å². The van der Waals surface area contributed by atoms with E-state index in [9.17, 15) is 9.18 Å². The summed E-state index contributed by atoms with van der Waals surface area (Å²) < 4.78 is 18.3. The van der Waals surface area contributed by atoms with Crippen molar-refractivity contribution in [2.75, 3.05) is 13.7 Å². The SMILES string of the molecule is COC(CN)C(=O)NC(C)c1ccc(C)c(F)c1.Cl. The molecular weight excluding hydrogens is 271 g/mol. The van der Waals surface area contributed by atoms with E-state index in [4.69, 9.17) is 10.5 Å². The third-order valence-electron chi connectivity index (χ3n) is 2.85. The van der Waals surface area contributed by atoms with Crippen molar-refractivity contribution in [3.05, 3.63) is 35.1 Å². The van der Waals surface area contributed by atoms with E-state index in [0.29, 0.717) is 11.1 Å². The number of amides is 1. The van der Waals surface area contributed by atoms with Crippen molar-refractivity contribution < 1.29 is 13.9 Å². The molecule has 0 aromatic heterocycles. The second-order valence-electron chi connectivity index (χ2n) is 4.20. The van der Waals surface area contributed by atoms with Gasteiger partial charge in [-0.3, -0.25) is 4.79 Å². The van der Waals surface area contributed by atoms with Gasteiger partial charge in [-0.15, -0.1) is 12.4 Å². The van der Waals surface area contributed by atoms with Gasteiger partial charge in [0.2, 0.25) is 0 Å². The summed E-state index contributed by atoms with van der Waals surface area (Å²) in [4.78, 5) is 11.7. The number of hydrogen-bond acceptors (Lipinski definition) is 3. The first-order chi connectivity index (χ1) is 8.49. The van der Waals surface area contributed by atoms with Crippen LogP contribution in [0.15, 0.2) is 18.2 Å². The normalized spacial score (nSPS) is 13.3. The Morgan fingerprint density at radius 3 is 2.63 bits per heavy atom. The zero-order valence-electron chi connectivity index (χ0n) is 11.3. The van der Waals surface area contributed by atoms with Crippen LogP contribution in [0, 0.1) is 12.7 Å². The highest BCUT2D eigenvalue weighted by atomic mass is 35.5. The molecule has 108 valence electrons. The number of nitrogens with one attached hydrogen (secondary N) is 1. The molecule has 3 N–H and O–H groups in total. The molecule has 0 heterocycles. The van der Waals surface area contributed by atoms with Crippen LogP contribution in [0.3, 0.4) is 0 Å². The Morgan fingerprint density at radius 1 is 1.53 bits per heavy atom. The molecule has 1 rings (SSSR count). The minimum absolute atomic E-state index is 0. The molecule has 1 aromatic carbocycles. The van der Waals surface area contributed by atoms with Gasteiger partial charge in [0.25, 0.3) is 5.91 Å². The first-order valence-electron chi connectivity index (χ1n) is 5.78. The van der Waals surface area contributed by atoms with Crippen LogP contribution in [0.1, 0.15) is 24.1 Å². The van der Waals surface area contributed by atoms with E-state index < -0.39 is 6.10 Å². The summed E-state index contributed by atoms with van der Waals surface area (Å²) in [6.07, 6.45) is -0.678. The molecule has 0 aliphatic carbocycles. The van der Waals surface area contributed by atoms with Gasteiger partial charge in [-0.1, -0.05) is 12.1 Å². The summed E-state index contributed by atoms with van der Waals surface area (Å²) in [7, 11) is 1.42. The van der Waals surface area contributed by atoms with Crippen LogP contribution < -0.4 is 11.1 Å². The van der Waals surface area contributed by atoms with Crippen molar-refractivity contribution in [1.82, 2.24) is 5.32 Å². The van der Waals surface area contributed by atoms with E-state index in [1.807, 2.05) is 0 Å². The molecule has 0 saturated heterocycles. The van der Waals surface area contributed by atoms with Crippen LogP contribution in [0.2, 0.25) is 0 Å². The molecule has 0 radical (unpaired) electrons. The fraction of sp³-hybridized carbons (Fsp3) is 0.462. The van der Waals surface area contributed by atoms with E-state index in [2.05, 4.69) is 5.32 Å². The Labute approximate surface area is 118 Å². The van der Waals surface area contributed by atoms with Gasteiger partial charge in [0.15, 0.2) is 0 Å². The summed E-state index contributed by atoms with van der Waals surface area (Å²) in [5.74, 6) is -0.579.